The van der Waals surface area contributed by atoms with E-state index in [1.807, 2.05) is 14.0 Å². The molecule has 2 atom stereocenters. The zero-order valence-corrected chi connectivity index (χ0v) is 6.67. The Hall–Kier alpha value is -0.120. The molecule has 0 aliphatic carbocycles. The van der Waals surface area contributed by atoms with E-state index in [0.29, 0.717) is 0 Å². The summed E-state index contributed by atoms with van der Waals surface area (Å²) in [4.78, 5) is 0. The molecule has 0 heterocycles. The first kappa shape index (κ1) is 9.88. The van der Waals surface area contributed by atoms with Crippen molar-refractivity contribution in [1.82, 2.24) is 5.32 Å². The van der Waals surface area contributed by atoms with E-state index < -0.39 is 6.10 Å². The van der Waals surface area contributed by atoms with Crippen LogP contribution in [-0.4, -0.2) is 36.5 Å². The molecule has 0 rings (SSSR count). The molecule has 0 bridgehead atoms. The monoisotopic (exact) mass is 147 g/mol. The van der Waals surface area contributed by atoms with Crippen LogP contribution in [0, 0.1) is 5.92 Å². The van der Waals surface area contributed by atoms with Gasteiger partial charge in [-0.1, -0.05) is 6.92 Å². The van der Waals surface area contributed by atoms with Crippen molar-refractivity contribution in [3.63, 3.8) is 0 Å². The fourth-order valence-corrected chi connectivity index (χ4v) is 0.964. The summed E-state index contributed by atoms with van der Waals surface area (Å²) in [6.07, 6.45) is 0.320. The second-order valence-corrected chi connectivity index (χ2v) is 2.48. The maximum Gasteiger partial charge on any atom is 0.0811 e. The van der Waals surface area contributed by atoms with Crippen LogP contribution in [0.25, 0.3) is 0 Å². The molecule has 0 saturated carbocycles. The van der Waals surface area contributed by atoms with Gasteiger partial charge in [0.2, 0.25) is 0 Å². The molecule has 0 radical (unpaired) electrons. The van der Waals surface area contributed by atoms with E-state index in [9.17, 15) is 0 Å². The molecule has 0 spiro atoms. The summed E-state index contributed by atoms with van der Waals surface area (Å²) < 4.78 is 0. The van der Waals surface area contributed by atoms with Crippen molar-refractivity contribution >= 4 is 0 Å². The third-order valence-corrected chi connectivity index (χ3v) is 1.72. The molecule has 2 unspecified atom stereocenters. The predicted molar refractivity (Wildman–Crippen MR) is 40.8 cm³/mol. The molecular weight excluding hydrogens is 130 g/mol. The molecule has 0 saturated heterocycles. The second-order valence-electron chi connectivity index (χ2n) is 2.48. The van der Waals surface area contributed by atoms with Gasteiger partial charge in [0.1, 0.15) is 0 Å². The lowest BCUT2D eigenvalue weighted by Gasteiger charge is -2.18. The van der Waals surface area contributed by atoms with Crippen molar-refractivity contribution in [2.45, 2.75) is 19.4 Å². The van der Waals surface area contributed by atoms with Crippen LogP contribution in [0.3, 0.4) is 0 Å². The van der Waals surface area contributed by atoms with E-state index >= 15 is 0 Å². The van der Waals surface area contributed by atoms with Gasteiger partial charge in [0.15, 0.2) is 0 Å². The molecule has 0 aromatic carbocycles. The number of hydrogen-bond acceptors (Lipinski definition) is 3. The molecule has 62 valence electrons. The first-order valence-electron chi connectivity index (χ1n) is 3.69. The van der Waals surface area contributed by atoms with E-state index in [-0.39, 0.29) is 12.5 Å². The minimum atomic E-state index is -0.572. The van der Waals surface area contributed by atoms with E-state index in [1.165, 1.54) is 0 Å². The van der Waals surface area contributed by atoms with Gasteiger partial charge in [-0.15, -0.1) is 0 Å². The smallest absolute Gasteiger partial charge is 0.0811 e. The summed E-state index contributed by atoms with van der Waals surface area (Å²) in [6.45, 7) is 2.62. The summed E-state index contributed by atoms with van der Waals surface area (Å²) in [5.74, 6) is 0.176. The number of nitrogens with one attached hydrogen (secondary N) is 1. The van der Waals surface area contributed by atoms with Gasteiger partial charge < -0.3 is 15.5 Å². The topological polar surface area (TPSA) is 52.5 Å². The molecular formula is C7H17NO2. The van der Waals surface area contributed by atoms with Crippen LogP contribution < -0.4 is 5.32 Å². The maximum atomic E-state index is 9.16. The van der Waals surface area contributed by atoms with Crippen molar-refractivity contribution in [3.8, 4) is 0 Å². The molecule has 0 aliphatic heterocycles. The Labute approximate surface area is 62.1 Å². The average Bonchev–Trinajstić information content (AvgIpc) is 1.99. The molecule has 0 aromatic heterocycles. The maximum absolute atomic E-state index is 9.16. The van der Waals surface area contributed by atoms with Crippen LogP contribution in [0.2, 0.25) is 0 Å². The molecule has 10 heavy (non-hydrogen) atoms. The Morgan fingerprint density at radius 2 is 2.10 bits per heavy atom. The Balaban J connectivity index is 3.56. The van der Waals surface area contributed by atoms with Crippen molar-refractivity contribution in [2.24, 2.45) is 5.92 Å². The summed E-state index contributed by atoms with van der Waals surface area (Å²) in [7, 11) is 1.84. The van der Waals surface area contributed by atoms with Crippen molar-refractivity contribution in [2.75, 3.05) is 20.2 Å². The van der Waals surface area contributed by atoms with Gasteiger partial charge in [0, 0.05) is 6.54 Å². The molecule has 0 aromatic rings. The van der Waals surface area contributed by atoms with Crippen LogP contribution >= 0.6 is 0 Å². The van der Waals surface area contributed by atoms with Gasteiger partial charge in [-0.25, -0.2) is 0 Å². The third kappa shape index (κ3) is 3.15. The Morgan fingerprint density at radius 3 is 2.40 bits per heavy atom. The van der Waals surface area contributed by atoms with Gasteiger partial charge in [0.05, 0.1) is 12.7 Å². The van der Waals surface area contributed by atoms with Crippen LogP contribution in [-0.2, 0) is 0 Å². The SMILES string of the molecule is CCC(CNC)C(O)CO. The standard InChI is InChI=1S/C7H17NO2/c1-3-6(4-8-2)7(10)5-9/h6-10H,3-5H2,1-2H3. The number of aliphatic hydroxyl groups excluding tert-OH is 2. The minimum absolute atomic E-state index is 0.139. The number of aliphatic hydroxyl groups is 2. The average molecular weight is 147 g/mol. The minimum Gasteiger partial charge on any atom is -0.394 e. The van der Waals surface area contributed by atoms with Crippen molar-refractivity contribution in [1.29, 1.82) is 0 Å². The highest BCUT2D eigenvalue weighted by molar-refractivity contribution is 4.67. The van der Waals surface area contributed by atoms with Crippen molar-refractivity contribution < 1.29 is 10.2 Å². The fraction of sp³-hybridized carbons (Fsp3) is 1.00. The van der Waals surface area contributed by atoms with E-state index in [2.05, 4.69) is 5.32 Å². The number of rotatable bonds is 5. The molecule has 0 fully saturated rings. The lowest BCUT2D eigenvalue weighted by Crippen LogP contribution is -2.31. The zero-order valence-electron chi connectivity index (χ0n) is 6.67. The summed E-state index contributed by atoms with van der Waals surface area (Å²) in [5, 5.41) is 20.7. The fourth-order valence-electron chi connectivity index (χ4n) is 0.964. The highest BCUT2D eigenvalue weighted by Gasteiger charge is 2.14. The van der Waals surface area contributed by atoms with Crippen LogP contribution in [0.1, 0.15) is 13.3 Å². The molecule has 0 aliphatic rings. The van der Waals surface area contributed by atoms with Gasteiger partial charge in [0.25, 0.3) is 0 Å². The van der Waals surface area contributed by atoms with Crippen LogP contribution in [0.15, 0.2) is 0 Å². The van der Waals surface area contributed by atoms with Gasteiger partial charge in [-0.2, -0.15) is 0 Å². The lowest BCUT2D eigenvalue weighted by atomic mass is 10.0. The van der Waals surface area contributed by atoms with Gasteiger partial charge >= 0.3 is 0 Å². The Kier molecular flexibility index (Phi) is 5.58. The van der Waals surface area contributed by atoms with Crippen LogP contribution in [0.4, 0.5) is 0 Å². The second kappa shape index (κ2) is 5.65. The summed E-state index contributed by atoms with van der Waals surface area (Å²) >= 11 is 0. The van der Waals surface area contributed by atoms with Crippen LogP contribution in [0.5, 0.6) is 0 Å². The summed E-state index contributed by atoms with van der Waals surface area (Å²) in [5.41, 5.74) is 0. The Bertz CT molecular complexity index is 78.0. The molecule has 0 amide bonds. The molecule has 3 N–H and O–H groups in total. The predicted octanol–water partition coefficient (Wildman–Crippen LogP) is -0.415. The van der Waals surface area contributed by atoms with Gasteiger partial charge in [-0.3, -0.25) is 0 Å². The first-order valence-corrected chi connectivity index (χ1v) is 3.69. The highest BCUT2D eigenvalue weighted by Crippen LogP contribution is 2.06. The zero-order chi connectivity index (χ0) is 7.98. The first-order chi connectivity index (χ1) is 4.76. The largest absolute Gasteiger partial charge is 0.394 e. The summed E-state index contributed by atoms with van der Waals surface area (Å²) in [6, 6.07) is 0. The van der Waals surface area contributed by atoms with E-state index in [4.69, 9.17) is 10.2 Å². The van der Waals surface area contributed by atoms with Crippen molar-refractivity contribution in [3.05, 3.63) is 0 Å². The van der Waals surface area contributed by atoms with Gasteiger partial charge in [-0.05, 0) is 19.4 Å². The quantitative estimate of drug-likeness (QED) is 0.495. The van der Waals surface area contributed by atoms with E-state index in [1.54, 1.807) is 0 Å². The van der Waals surface area contributed by atoms with E-state index in [0.717, 1.165) is 13.0 Å². The molecule has 3 heteroatoms. The Morgan fingerprint density at radius 1 is 1.50 bits per heavy atom. The normalized spacial score (nSPS) is 16.8. The number of hydrogen-bond donors (Lipinski definition) is 3. The molecule has 3 nitrogen and oxygen atoms in total. The third-order valence-electron chi connectivity index (χ3n) is 1.72. The highest BCUT2D eigenvalue weighted by atomic mass is 16.3. The lowest BCUT2D eigenvalue weighted by molar-refractivity contribution is 0.0461.